The molecule has 178 valence electrons. The molecule has 5 rings (SSSR count). The molecule has 3 heterocycles. The number of carbonyl (C=O) groups excluding carboxylic acids is 2. The van der Waals surface area contributed by atoms with Crippen LogP contribution in [0.4, 0.5) is 14.9 Å². The molecule has 2 aromatic heterocycles. The van der Waals surface area contributed by atoms with Gasteiger partial charge in [0.1, 0.15) is 5.82 Å². The fourth-order valence-electron chi connectivity index (χ4n) is 4.20. The zero-order chi connectivity index (χ0) is 24.4. The third kappa shape index (κ3) is 4.84. The first-order valence-corrected chi connectivity index (χ1v) is 11.4. The van der Waals surface area contributed by atoms with Crippen molar-refractivity contribution in [3.63, 3.8) is 0 Å². The number of halogens is 1. The predicted molar refractivity (Wildman–Crippen MR) is 129 cm³/mol. The number of pyridine rings is 1. The van der Waals surface area contributed by atoms with Gasteiger partial charge in [-0.25, -0.2) is 14.2 Å². The molecule has 3 amide bonds. The molecule has 35 heavy (non-hydrogen) atoms. The van der Waals surface area contributed by atoms with Crippen LogP contribution in [0.3, 0.4) is 0 Å². The number of fused-ring (bicyclic) bond motifs is 1. The summed E-state index contributed by atoms with van der Waals surface area (Å²) < 4.78 is 18.7. The maximum absolute atomic E-state index is 13.4. The van der Waals surface area contributed by atoms with Crippen molar-refractivity contribution in [2.75, 3.05) is 18.4 Å². The Morgan fingerprint density at radius 3 is 2.63 bits per heavy atom. The van der Waals surface area contributed by atoms with Gasteiger partial charge in [-0.2, -0.15) is 0 Å². The second kappa shape index (κ2) is 9.54. The normalized spacial score (nSPS) is 13.3. The molecule has 0 atom stereocenters. The number of likely N-dealkylation sites (tertiary alicyclic amines) is 1. The van der Waals surface area contributed by atoms with E-state index in [0.717, 1.165) is 31.5 Å². The van der Waals surface area contributed by atoms with Crippen LogP contribution in [0.25, 0.3) is 22.4 Å². The molecule has 1 saturated heterocycles. The number of carbonyl (C=O) groups is 2. The van der Waals surface area contributed by atoms with Gasteiger partial charge in [0.2, 0.25) is 0 Å². The quantitative estimate of drug-likeness (QED) is 0.430. The summed E-state index contributed by atoms with van der Waals surface area (Å²) in [6.45, 7) is 3.54. The number of anilines is 1. The second-order valence-corrected chi connectivity index (χ2v) is 8.52. The van der Waals surface area contributed by atoms with Crippen LogP contribution in [0.15, 0.2) is 59.1 Å². The Kier molecular flexibility index (Phi) is 6.13. The highest BCUT2D eigenvalue weighted by Gasteiger charge is 2.20. The molecule has 1 aliphatic heterocycles. The first-order chi connectivity index (χ1) is 17.0. The molecule has 1 fully saturated rings. The molecule has 9 heteroatoms. The molecule has 2 aromatic carbocycles. The lowest BCUT2D eigenvalue weighted by Crippen LogP contribution is -2.32. The van der Waals surface area contributed by atoms with Crippen molar-refractivity contribution in [2.45, 2.75) is 26.3 Å². The smallest absolute Gasteiger partial charge is 0.321 e. The Balaban J connectivity index is 1.35. The lowest BCUT2D eigenvalue weighted by atomic mass is 10.0. The van der Waals surface area contributed by atoms with Gasteiger partial charge in [0.25, 0.3) is 11.6 Å². The number of hydrogen-bond donors (Lipinski definition) is 2. The number of amides is 3. The average molecular weight is 474 g/mol. The van der Waals surface area contributed by atoms with E-state index in [9.17, 15) is 14.0 Å². The Morgan fingerprint density at radius 2 is 1.86 bits per heavy atom. The maximum Gasteiger partial charge on any atom is 0.321 e. The maximum atomic E-state index is 13.4. The van der Waals surface area contributed by atoms with E-state index in [-0.39, 0.29) is 30.0 Å². The minimum absolute atomic E-state index is 0.112. The molecular formula is C26H24FN5O3. The number of aryl methyl sites for hydroxylation is 1. The number of aromatic nitrogens is 2. The predicted octanol–water partition coefficient (Wildman–Crippen LogP) is 4.90. The van der Waals surface area contributed by atoms with Crippen molar-refractivity contribution < 1.29 is 18.5 Å². The summed E-state index contributed by atoms with van der Waals surface area (Å²) in [5.41, 5.74) is 3.79. The van der Waals surface area contributed by atoms with E-state index in [1.54, 1.807) is 30.0 Å². The van der Waals surface area contributed by atoms with Crippen LogP contribution in [0.5, 0.6) is 0 Å². The highest BCUT2D eigenvalue weighted by atomic mass is 19.1. The minimum Gasteiger partial charge on any atom is -0.348 e. The van der Waals surface area contributed by atoms with Gasteiger partial charge in [0.05, 0.1) is 22.3 Å². The molecule has 0 unspecified atom stereocenters. The number of nitrogens with one attached hydrogen (secondary N) is 2. The summed E-state index contributed by atoms with van der Waals surface area (Å²) in [4.78, 5) is 31.8. The largest absolute Gasteiger partial charge is 0.348 e. The fourth-order valence-corrected chi connectivity index (χ4v) is 4.20. The van der Waals surface area contributed by atoms with E-state index < -0.39 is 0 Å². The summed E-state index contributed by atoms with van der Waals surface area (Å²) >= 11 is 0. The van der Waals surface area contributed by atoms with Gasteiger partial charge < -0.3 is 20.1 Å². The summed E-state index contributed by atoms with van der Waals surface area (Å²) in [6.07, 6.45) is 2.05. The van der Waals surface area contributed by atoms with E-state index >= 15 is 0 Å². The van der Waals surface area contributed by atoms with Crippen molar-refractivity contribution in [3.8, 4) is 11.3 Å². The van der Waals surface area contributed by atoms with Crippen LogP contribution in [0, 0.1) is 12.7 Å². The standard InChI is InChI=1S/C26H24FN5O3/c1-16-23-21(14-22(30-25(23)35-31-16)18-7-9-19(27)10-8-18)24(33)28-15-17-5-4-6-20(13-17)29-26(34)32-11-2-3-12-32/h4-10,13-14H,2-3,11-12,15H2,1H3,(H,28,33)(H,29,34). The third-order valence-corrected chi connectivity index (χ3v) is 6.03. The number of nitrogens with zero attached hydrogens (tertiary/aromatic N) is 3. The van der Waals surface area contributed by atoms with Crippen LogP contribution >= 0.6 is 0 Å². The van der Waals surface area contributed by atoms with E-state index in [0.29, 0.717) is 33.6 Å². The van der Waals surface area contributed by atoms with Crippen LogP contribution in [0.1, 0.15) is 34.5 Å². The van der Waals surface area contributed by atoms with Crippen molar-refractivity contribution in [3.05, 3.63) is 77.2 Å². The summed E-state index contributed by atoms with van der Waals surface area (Å²) in [5, 5.41) is 10.3. The summed E-state index contributed by atoms with van der Waals surface area (Å²) in [5.74, 6) is -0.680. The molecule has 0 aliphatic carbocycles. The number of urea groups is 1. The van der Waals surface area contributed by atoms with E-state index in [1.165, 1.54) is 12.1 Å². The number of rotatable bonds is 5. The molecule has 0 radical (unpaired) electrons. The second-order valence-electron chi connectivity index (χ2n) is 8.52. The topological polar surface area (TPSA) is 100 Å². The zero-order valence-corrected chi connectivity index (χ0v) is 19.2. The lowest BCUT2D eigenvalue weighted by molar-refractivity contribution is 0.0952. The molecular weight excluding hydrogens is 449 g/mol. The Hall–Kier alpha value is -4.27. The molecule has 4 aromatic rings. The number of benzene rings is 2. The van der Waals surface area contributed by atoms with Crippen LogP contribution < -0.4 is 10.6 Å². The van der Waals surface area contributed by atoms with Gasteiger partial charge in [-0.15, -0.1) is 0 Å². The molecule has 0 bridgehead atoms. The zero-order valence-electron chi connectivity index (χ0n) is 19.2. The number of hydrogen-bond acceptors (Lipinski definition) is 5. The molecule has 2 N–H and O–H groups in total. The average Bonchev–Trinajstić information content (AvgIpc) is 3.53. The SMILES string of the molecule is Cc1noc2nc(-c3ccc(F)cc3)cc(C(=O)NCc3cccc(NC(=O)N4CCCC4)c3)c12. The van der Waals surface area contributed by atoms with Crippen LogP contribution in [-0.2, 0) is 6.54 Å². The van der Waals surface area contributed by atoms with E-state index in [4.69, 9.17) is 4.52 Å². The molecule has 1 aliphatic rings. The van der Waals surface area contributed by atoms with Gasteiger partial charge in [-0.3, -0.25) is 4.79 Å². The van der Waals surface area contributed by atoms with Crippen molar-refractivity contribution >= 4 is 28.7 Å². The third-order valence-electron chi connectivity index (χ3n) is 6.03. The Bertz CT molecular complexity index is 1390. The minimum atomic E-state index is -0.359. The Morgan fingerprint density at radius 1 is 1.09 bits per heavy atom. The summed E-state index contributed by atoms with van der Waals surface area (Å²) in [7, 11) is 0. The van der Waals surface area contributed by atoms with E-state index in [2.05, 4.69) is 20.8 Å². The lowest BCUT2D eigenvalue weighted by Gasteiger charge is -2.16. The highest BCUT2D eigenvalue weighted by Crippen LogP contribution is 2.27. The molecule has 8 nitrogen and oxygen atoms in total. The van der Waals surface area contributed by atoms with Gasteiger partial charge >= 0.3 is 6.03 Å². The van der Waals surface area contributed by atoms with Gasteiger partial charge in [-0.05, 0) is 67.8 Å². The van der Waals surface area contributed by atoms with Gasteiger partial charge in [0, 0.05) is 30.9 Å². The fraction of sp³-hybridized carbons (Fsp3) is 0.231. The van der Waals surface area contributed by atoms with Crippen molar-refractivity contribution in [1.29, 1.82) is 0 Å². The van der Waals surface area contributed by atoms with E-state index in [1.807, 2.05) is 24.3 Å². The van der Waals surface area contributed by atoms with Crippen molar-refractivity contribution in [1.82, 2.24) is 20.4 Å². The van der Waals surface area contributed by atoms with Gasteiger partial charge in [-0.1, -0.05) is 17.3 Å². The summed E-state index contributed by atoms with van der Waals surface area (Å²) in [6, 6.07) is 14.8. The molecule has 0 spiro atoms. The first-order valence-electron chi connectivity index (χ1n) is 11.4. The van der Waals surface area contributed by atoms with Gasteiger partial charge in [0.15, 0.2) is 0 Å². The monoisotopic (exact) mass is 473 g/mol. The van der Waals surface area contributed by atoms with Crippen LogP contribution in [0.2, 0.25) is 0 Å². The van der Waals surface area contributed by atoms with Crippen molar-refractivity contribution in [2.24, 2.45) is 0 Å². The first kappa shape index (κ1) is 22.5. The highest BCUT2D eigenvalue weighted by molar-refractivity contribution is 6.07. The van der Waals surface area contributed by atoms with Crippen LogP contribution in [-0.4, -0.2) is 40.1 Å². The molecule has 0 saturated carbocycles. The Labute approximate surface area is 201 Å².